The highest BCUT2D eigenvalue weighted by Crippen LogP contribution is 2.25. The van der Waals surface area contributed by atoms with Crippen LogP contribution in [0, 0.1) is 22.0 Å². The van der Waals surface area contributed by atoms with Gasteiger partial charge in [-0.05, 0) is 48.7 Å². The van der Waals surface area contributed by atoms with E-state index in [9.17, 15) is 14.9 Å². The zero-order chi connectivity index (χ0) is 19.9. The van der Waals surface area contributed by atoms with Crippen LogP contribution in [0.1, 0.15) is 21.5 Å². The molecule has 0 aliphatic heterocycles. The van der Waals surface area contributed by atoms with Crippen molar-refractivity contribution in [3.05, 3.63) is 99.6 Å². The molecular formula is C22H16N2O3S. The van der Waals surface area contributed by atoms with Crippen LogP contribution in [0.4, 0.5) is 11.4 Å². The molecule has 138 valence electrons. The van der Waals surface area contributed by atoms with E-state index in [-0.39, 0.29) is 11.3 Å². The number of thioether (sulfide) groups is 1. The first-order valence-electron chi connectivity index (χ1n) is 8.38. The molecule has 3 rings (SSSR count). The largest absolute Gasteiger partial charge is 0.322 e. The van der Waals surface area contributed by atoms with Crippen molar-refractivity contribution >= 4 is 29.0 Å². The summed E-state index contributed by atoms with van der Waals surface area (Å²) in [6, 6.07) is 21.1. The number of hydrogen-bond donors (Lipinski definition) is 1. The highest BCUT2D eigenvalue weighted by molar-refractivity contribution is 7.98. The van der Waals surface area contributed by atoms with Crippen LogP contribution in [-0.2, 0) is 0 Å². The Bertz CT molecular complexity index is 1090. The zero-order valence-electron chi connectivity index (χ0n) is 15.0. The number of hydrogen-bond acceptors (Lipinski definition) is 4. The van der Waals surface area contributed by atoms with Crippen LogP contribution in [0.3, 0.4) is 0 Å². The van der Waals surface area contributed by atoms with Gasteiger partial charge in [-0.3, -0.25) is 14.9 Å². The van der Waals surface area contributed by atoms with Gasteiger partial charge in [0.2, 0.25) is 0 Å². The molecule has 28 heavy (non-hydrogen) atoms. The fraction of sp³-hybridized carbons (Fsp3) is 0.0455. The van der Waals surface area contributed by atoms with Gasteiger partial charge in [-0.25, -0.2) is 0 Å². The number of nitro groups is 1. The molecule has 0 bridgehead atoms. The second-order valence-corrected chi connectivity index (χ2v) is 6.67. The van der Waals surface area contributed by atoms with Crippen LogP contribution in [0.15, 0.2) is 77.7 Å². The Morgan fingerprint density at radius 2 is 1.68 bits per heavy atom. The standard InChI is InChI=1S/C22H16N2O3S/c1-28-19-12-13-21(24(26)27)20(15-19)22(25)23-18-9-5-8-17(14-18)11-10-16-6-3-2-4-7-16/h2-9,12-15H,1H3,(H,23,25). The van der Waals surface area contributed by atoms with E-state index in [1.807, 2.05) is 42.7 Å². The summed E-state index contributed by atoms with van der Waals surface area (Å²) in [6.45, 7) is 0. The summed E-state index contributed by atoms with van der Waals surface area (Å²) in [6.07, 6.45) is 1.84. The molecule has 0 saturated carbocycles. The zero-order valence-corrected chi connectivity index (χ0v) is 15.8. The maximum Gasteiger partial charge on any atom is 0.282 e. The summed E-state index contributed by atoms with van der Waals surface area (Å²) in [4.78, 5) is 24.1. The molecule has 0 fully saturated rings. The number of carbonyl (C=O) groups excluding carboxylic acids is 1. The number of amides is 1. The van der Waals surface area contributed by atoms with Gasteiger partial charge >= 0.3 is 0 Å². The highest BCUT2D eigenvalue weighted by Gasteiger charge is 2.20. The Morgan fingerprint density at radius 3 is 2.39 bits per heavy atom. The lowest BCUT2D eigenvalue weighted by Crippen LogP contribution is -2.14. The first-order valence-corrected chi connectivity index (χ1v) is 9.60. The van der Waals surface area contributed by atoms with Crippen LogP contribution in [0.25, 0.3) is 0 Å². The third-order valence-electron chi connectivity index (χ3n) is 3.89. The smallest absolute Gasteiger partial charge is 0.282 e. The molecule has 3 aromatic carbocycles. The number of nitro benzene ring substituents is 1. The molecule has 0 aliphatic rings. The molecule has 0 heterocycles. The molecule has 0 saturated heterocycles. The van der Waals surface area contributed by atoms with Gasteiger partial charge in [0.05, 0.1) is 4.92 Å². The quantitative estimate of drug-likeness (QED) is 0.296. The molecule has 1 amide bonds. The summed E-state index contributed by atoms with van der Waals surface area (Å²) in [5.74, 6) is 5.58. The van der Waals surface area contributed by atoms with E-state index in [2.05, 4.69) is 17.2 Å². The maximum absolute atomic E-state index is 12.6. The number of nitrogens with zero attached hydrogens (tertiary/aromatic N) is 1. The molecule has 1 N–H and O–H groups in total. The summed E-state index contributed by atoms with van der Waals surface area (Å²) in [7, 11) is 0. The molecule has 0 unspecified atom stereocenters. The van der Waals surface area contributed by atoms with E-state index in [0.29, 0.717) is 5.69 Å². The number of carbonyl (C=O) groups is 1. The van der Waals surface area contributed by atoms with Gasteiger partial charge < -0.3 is 5.32 Å². The summed E-state index contributed by atoms with van der Waals surface area (Å²) in [5, 5.41) is 14.0. The Balaban J connectivity index is 1.84. The van der Waals surface area contributed by atoms with Crippen molar-refractivity contribution < 1.29 is 9.72 Å². The van der Waals surface area contributed by atoms with Crippen molar-refractivity contribution in [2.45, 2.75) is 4.90 Å². The number of nitrogens with one attached hydrogen (secondary N) is 1. The van der Waals surface area contributed by atoms with Crippen LogP contribution in [0.2, 0.25) is 0 Å². The fourth-order valence-electron chi connectivity index (χ4n) is 2.52. The minimum Gasteiger partial charge on any atom is -0.322 e. The van der Waals surface area contributed by atoms with Gasteiger partial charge in [-0.2, -0.15) is 0 Å². The summed E-state index contributed by atoms with van der Waals surface area (Å²) < 4.78 is 0. The Kier molecular flexibility index (Phi) is 6.10. The highest BCUT2D eigenvalue weighted by atomic mass is 32.2. The number of rotatable bonds is 4. The SMILES string of the molecule is CSc1ccc([N+](=O)[O-])c(C(=O)Nc2cccc(C#Cc3ccccc3)c2)c1. The van der Waals surface area contributed by atoms with Crippen molar-refractivity contribution in [3.63, 3.8) is 0 Å². The van der Waals surface area contributed by atoms with Gasteiger partial charge in [-0.15, -0.1) is 11.8 Å². The molecular weight excluding hydrogens is 372 g/mol. The minimum absolute atomic E-state index is 0.0256. The Morgan fingerprint density at radius 1 is 0.964 bits per heavy atom. The lowest BCUT2D eigenvalue weighted by Gasteiger charge is -2.07. The first kappa shape index (κ1) is 19.2. The van der Waals surface area contributed by atoms with E-state index in [4.69, 9.17) is 0 Å². The maximum atomic E-state index is 12.6. The summed E-state index contributed by atoms with van der Waals surface area (Å²) in [5.41, 5.74) is 1.94. The van der Waals surface area contributed by atoms with Crippen LogP contribution >= 0.6 is 11.8 Å². The molecule has 0 spiro atoms. The molecule has 6 heteroatoms. The first-order chi connectivity index (χ1) is 13.6. The lowest BCUT2D eigenvalue weighted by molar-refractivity contribution is -0.385. The van der Waals surface area contributed by atoms with Crippen LogP contribution in [-0.4, -0.2) is 17.1 Å². The van der Waals surface area contributed by atoms with Gasteiger partial charge in [0.1, 0.15) is 5.56 Å². The normalized spacial score (nSPS) is 9.89. The van der Waals surface area contributed by atoms with Crippen molar-refractivity contribution in [2.75, 3.05) is 11.6 Å². The number of anilines is 1. The van der Waals surface area contributed by atoms with Gasteiger partial charge in [0, 0.05) is 27.8 Å². The lowest BCUT2D eigenvalue weighted by atomic mass is 10.1. The second-order valence-electron chi connectivity index (χ2n) is 5.79. The van der Waals surface area contributed by atoms with Crippen molar-refractivity contribution in [2.24, 2.45) is 0 Å². The van der Waals surface area contributed by atoms with Gasteiger partial charge in [-0.1, -0.05) is 36.1 Å². The third-order valence-corrected chi connectivity index (χ3v) is 4.62. The Hall–Kier alpha value is -3.56. The van der Waals surface area contributed by atoms with Crippen LogP contribution < -0.4 is 5.32 Å². The monoisotopic (exact) mass is 388 g/mol. The van der Waals surface area contributed by atoms with Crippen LogP contribution in [0.5, 0.6) is 0 Å². The van der Waals surface area contributed by atoms with Crippen molar-refractivity contribution in [1.29, 1.82) is 0 Å². The fourth-order valence-corrected chi connectivity index (χ4v) is 2.96. The second kappa shape index (κ2) is 8.89. The molecule has 0 aliphatic carbocycles. The molecule has 3 aromatic rings. The van der Waals surface area contributed by atoms with E-state index < -0.39 is 10.8 Å². The minimum atomic E-state index is -0.555. The predicted molar refractivity (Wildman–Crippen MR) is 112 cm³/mol. The molecule has 0 radical (unpaired) electrons. The molecule has 0 atom stereocenters. The van der Waals surface area contributed by atoms with Gasteiger partial charge in [0.15, 0.2) is 0 Å². The average Bonchev–Trinajstić information content (AvgIpc) is 2.72. The van der Waals surface area contributed by atoms with Crippen molar-refractivity contribution in [3.8, 4) is 11.8 Å². The molecule has 5 nitrogen and oxygen atoms in total. The Labute approximate surface area is 166 Å². The predicted octanol–water partition coefficient (Wildman–Crippen LogP) is 4.97. The molecule has 0 aromatic heterocycles. The van der Waals surface area contributed by atoms with E-state index >= 15 is 0 Å². The van der Waals surface area contributed by atoms with Gasteiger partial charge in [0.25, 0.3) is 11.6 Å². The summed E-state index contributed by atoms with van der Waals surface area (Å²) >= 11 is 1.41. The van der Waals surface area contributed by atoms with E-state index in [0.717, 1.165) is 16.0 Å². The van der Waals surface area contributed by atoms with E-state index in [1.54, 1.807) is 24.3 Å². The topological polar surface area (TPSA) is 72.2 Å². The third kappa shape index (κ3) is 4.78. The average molecular weight is 388 g/mol. The van der Waals surface area contributed by atoms with E-state index in [1.165, 1.54) is 23.9 Å². The van der Waals surface area contributed by atoms with Crippen molar-refractivity contribution in [1.82, 2.24) is 0 Å². The number of benzene rings is 3.